The van der Waals surface area contributed by atoms with Crippen LogP contribution in [0.4, 0.5) is 11.4 Å². The Morgan fingerprint density at radius 1 is 1.09 bits per heavy atom. The molecule has 2 aliphatic rings. The van der Waals surface area contributed by atoms with Gasteiger partial charge in [-0.05, 0) is 73.4 Å². The van der Waals surface area contributed by atoms with Crippen molar-refractivity contribution in [2.24, 2.45) is 5.92 Å². The van der Waals surface area contributed by atoms with Gasteiger partial charge >= 0.3 is 11.9 Å². The van der Waals surface area contributed by atoms with Crippen molar-refractivity contribution in [3.63, 3.8) is 0 Å². The summed E-state index contributed by atoms with van der Waals surface area (Å²) in [7, 11) is 0. The molecule has 1 aliphatic carbocycles. The predicted molar refractivity (Wildman–Crippen MR) is 158 cm³/mol. The van der Waals surface area contributed by atoms with Crippen molar-refractivity contribution in [1.82, 2.24) is 25.2 Å². The van der Waals surface area contributed by atoms with Gasteiger partial charge in [-0.25, -0.2) is 4.79 Å². The van der Waals surface area contributed by atoms with E-state index in [2.05, 4.69) is 25.9 Å². The van der Waals surface area contributed by atoms with Crippen molar-refractivity contribution < 1.29 is 23.8 Å². The fraction of sp³-hybridized carbons (Fsp3) is 0.387. The molecule has 1 aliphatic heterocycles. The van der Waals surface area contributed by atoms with E-state index in [4.69, 9.17) is 14.2 Å². The topological polar surface area (TPSA) is 136 Å². The minimum absolute atomic E-state index is 0.118. The minimum atomic E-state index is -0.996. The van der Waals surface area contributed by atoms with Gasteiger partial charge in [-0.1, -0.05) is 31.0 Å². The zero-order valence-corrected chi connectivity index (χ0v) is 24.4. The highest BCUT2D eigenvalue weighted by molar-refractivity contribution is 6.01. The summed E-state index contributed by atoms with van der Waals surface area (Å²) in [4.78, 5) is 27.9. The molecular formula is C31H35N7O5. The Labute approximate surface area is 249 Å². The predicted octanol–water partition coefficient (Wildman–Crippen LogP) is 4.95. The Kier molecular flexibility index (Phi) is 8.10. The number of carbonyl (C=O) groups excluding carboxylic acids is 2. The van der Waals surface area contributed by atoms with Gasteiger partial charge < -0.3 is 29.0 Å². The molecule has 2 aromatic heterocycles. The maximum absolute atomic E-state index is 13.4. The van der Waals surface area contributed by atoms with E-state index in [1.165, 1.54) is 0 Å². The second kappa shape index (κ2) is 12.3. The molecule has 6 rings (SSSR count). The maximum atomic E-state index is 13.4. The number of tetrazole rings is 1. The summed E-state index contributed by atoms with van der Waals surface area (Å²) in [6.45, 7) is 6.45. The quantitative estimate of drug-likeness (QED) is 0.194. The first-order valence-corrected chi connectivity index (χ1v) is 14.6. The number of fused-ring (bicyclic) bond motifs is 1. The van der Waals surface area contributed by atoms with E-state index in [-0.39, 0.29) is 11.9 Å². The summed E-state index contributed by atoms with van der Waals surface area (Å²) in [6, 6.07) is 15.5. The number of nitrogens with one attached hydrogen (secondary N) is 2. The second-order valence-corrected chi connectivity index (χ2v) is 10.8. The van der Waals surface area contributed by atoms with E-state index in [0.29, 0.717) is 30.2 Å². The lowest BCUT2D eigenvalue weighted by molar-refractivity contribution is -0.170. The van der Waals surface area contributed by atoms with E-state index in [0.717, 1.165) is 53.9 Å². The first-order valence-electron chi connectivity index (χ1n) is 14.6. The zero-order valence-electron chi connectivity index (χ0n) is 24.4. The van der Waals surface area contributed by atoms with Crippen LogP contribution in [0.5, 0.6) is 0 Å². The summed E-state index contributed by atoms with van der Waals surface area (Å²) in [6.07, 6.45) is 4.21. The molecule has 224 valence electrons. The van der Waals surface area contributed by atoms with Crippen LogP contribution in [0.1, 0.15) is 61.0 Å². The smallest absolute Gasteiger partial charge is 0.343 e. The Morgan fingerprint density at radius 3 is 2.60 bits per heavy atom. The van der Waals surface area contributed by atoms with Gasteiger partial charge in [-0.15, -0.1) is 10.2 Å². The number of anilines is 2. The zero-order chi connectivity index (χ0) is 29.9. The number of aromatic amines is 1. The molecule has 1 saturated carbocycles. The van der Waals surface area contributed by atoms with Gasteiger partial charge in [0.15, 0.2) is 0 Å². The fourth-order valence-corrected chi connectivity index (χ4v) is 5.78. The fourth-order valence-electron chi connectivity index (χ4n) is 5.78. The molecule has 3 heterocycles. The number of aryl methyl sites for hydroxylation is 1. The van der Waals surface area contributed by atoms with Gasteiger partial charge in [0.25, 0.3) is 0 Å². The average Bonchev–Trinajstić information content (AvgIpc) is 3.81. The molecule has 2 aromatic carbocycles. The van der Waals surface area contributed by atoms with Gasteiger partial charge in [0, 0.05) is 32.0 Å². The summed E-state index contributed by atoms with van der Waals surface area (Å²) in [5.41, 5.74) is 5.65. The van der Waals surface area contributed by atoms with Crippen LogP contribution in [-0.2, 0) is 25.5 Å². The van der Waals surface area contributed by atoms with Crippen LogP contribution in [0.25, 0.3) is 17.2 Å². The molecule has 4 aromatic rings. The normalized spacial score (nSPS) is 17.0. The first-order chi connectivity index (χ1) is 20.9. The Bertz CT molecular complexity index is 1580. The third-order valence-corrected chi connectivity index (χ3v) is 7.77. The van der Waals surface area contributed by atoms with Crippen molar-refractivity contribution in [3.05, 3.63) is 71.4 Å². The molecule has 0 radical (unpaired) electrons. The molecule has 2 unspecified atom stereocenters. The summed E-state index contributed by atoms with van der Waals surface area (Å²) in [5, 5.41) is 17.8. The number of para-hydroxylation sites is 1. The van der Waals surface area contributed by atoms with Gasteiger partial charge in [0.05, 0.1) is 28.6 Å². The number of carbonyl (C=O) groups is 2. The molecule has 0 spiro atoms. The highest BCUT2D eigenvalue weighted by atomic mass is 16.7. The Balaban J connectivity index is 1.22. The maximum Gasteiger partial charge on any atom is 0.343 e. The van der Waals surface area contributed by atoms with Crippen LogP contribution >= 0.6 is 0 Å². The second-order valence-electron chi connectivity index (χ2n) is 10.8. The van der Waals surface area contributed by atoms with E-state index < -0.39 is 18.6 Å². The SMILES string of the molecule is CCOC1Nc2cccc(C(=O)OC(C)OC(=O)C3CCCC3)c2N1Cc1ccc(-n2cc(C)cc2-c2nn[nH]n2)cc1. The van der Waals surface area contributed by atoms with Crippen LogP contribution in [0.15, 0.2) is 54.7 Å². The molecule has 0 amide bonds. The lowest BCUT2D eigenvalue weighted by Crippen LogP contribution is -2.38. The summed E-state index contributed by atoms with van der Waals surface area (Å²) in [5.74, 6) is -0.482. The van der Waals surface area contributed by atoms with Crippen LogP contribution in [0.3, 0.4) is 0 Å². The summed E-state index contributed by atoms with van der Waals surface area (Å²) < 4.78 is 19.1. The van der Waals surface area contributed by atoms with Gasteiger partial charge in [0.2, 0.25) is 18.5 Å². The number of aromatic nitrogens is 5. The van der Waals surface area contributed by atoms with Crippen molar-refractivity contribution in [2.75, 3.05) is 16.8 Å². The van der Waals surface area contributed by atoms with Gasteiger partial charge in [0.1, 0.15) is 0 Å². The number of hydrogen-bond donors (Lipinski definition) is 2. The van der Waals surface area contributed by atoms with Gasteiger partial charge in [-0.3, -0.25) is 4.79 Å². The number of esters is 2. The number of benzene rings is 2. The largest absolute Gasteiger partial charge is 0.425 e. The van der Waals surface area contributed by atoms with Crippen LogP contribution in [-0.4, -0.2) is 56.4 Å². The van der Waals surface area contributed by atoms with Crippen molar-refractivity contribution >= 4 is 23.3 Å². The molecule has 1 fully saturated rings. The first kappa shape index (κ1) is 28.4. The van der Waals surface area contributed by atoms with E-state index in [1.54, 1.807) is 19.1 Å². The molecule has 0 saturated heterocycles. The molecule has 43 heavy (non-hydrogen) atoms. The van der Waals surface area contributed by atoms with E-state index in [9.17, 15) is 9.59 Å². The highest BCUT2D eigenvalue weighted by Crippen LogP contribution is 2.40. The van der Waals surface area contributed by atoms with Crippen molar-refractivity contribution in [2.45, 2.75) is 65.6 Å². The highest BCUT2D eigenvalue weighted by Gasteiger charge is 2.34. The third kappa shape index (κ3) is 5.96. The Hall–Kier alpha value is -4.71. The molecular weight excluding hydrogens is 550 g/mol. The third-order valence-electron chi connectivity index (χ3n) is 7.77. The number of rotatable bonds is 10. The molecule has 2 N–H and O–H groups in total. The lowest BCUT2D eigenvalue weighted by atomic mass is 10.1. The molecule has 2 atom stereocenters. The number of H-pyrrole nitrogens is 1. The van der Waals surface area contributed by atoms with Crippen molar-refractivity contribution in [1.29, 1.82) is 0 Å². The molecule has 12 heteroatoms. The number of ether oxygens (including phenoxy) is 3. The van der Waals surface area contributed by atoms with Crippen LogP contribution < -0.4 is 10.2 Å². The minimum Gasteiger partial charge on any atom is -0.425 e. The number of nitrogens with zero attached hydrogens (tertiary/aromatic N) is 5. The average molecular weight is 586 g/mol. The van der Waals surface area contributed by atoms with E-state index in [1.807, 2.05) is 65.9 Å². The van der Waals surface area contributed by atoms with Crippen LogP contribution in [0, 0.1) is 12.8 Å². The Morgan fingerprint density at radius 2 is 1.88 bits per heavy atom. The molecule has 0 bridgehead atoms. The standard InChI is InChI=1S/C31H35N7O5/c1-4-41-31-32-25-11-7-10-24(30(40)43-20(3)42-29(39)22-8-5-6-9-22)27(25)38(31)18-21-12-14-23(15-13-21)37-17-19(2)16-26(37)28-33-35-36-34-28/h7,10-17,20,22,31-32H,4-6,8-9,18H2,1-3H3,(H,33,34,35,36). The number of hydrogen-bond acceptors (Lipinski definition) is 10. The molecule has 12 nitrogen and oxygen atoms in total. The monoisotopic (exact) mass is 585 g/mol. The lowest BCUT2D eigenvalue weighted by Gasteiger charge is -2.27. The van der Waals surface area contributed by atoms with Gasteiger partial charge in [-0.2, -0.15) is 5.21 Å². The van der Waals surface area contributed by atoms with Crippen LogP contribution in [0.2, 0.25) is 0 Å². The van der Waals surface area contributed by atoms with Crippen molar-refractivity contribution in [3.8, 4) is 17.2 Å². The van der Waals surface area contributed by atoms with E-state index >= 15 is 0 Å². The summed E-state index contributed by atoms with van der Waals surface area (Å²) >= 11 is 0.